The normalized spacial score (nSPS) is 11.6. The number of rotatable bonds is 9. The highest BCUT2D eigenvalue weighted by Crippen LogP contribution is 2.20. The maximum absolute atomic E-state index is 12.2. The summed E-state index contributed by atoms with van der Waals surface area (Å²) in [5.74, 6) is 1.02. The number of benzene rings is 1. The maximum Gasteiger partial charge on any atom is 0.269 e. The number of carbonyl (C=O) groups is 1. The fraction of sp³-hybridized carbons (Fsp3) is 0.400. The van der Waals surface area contributed by atoms with Crippen LogP contribution in [0, 0.1) is 5.92 Å². The van der Waals surface area contributed by atoms with Crippen molar-refractivity contribution in [2.24, 2.45) is 5.92 Å². The molecule has 2 rings (SSSR count). The van der Waals surface area contributed by atoms with Crippen LogP contribution in [0.5, 0.6) is 0 Å². The molecule has 0 aliphatic heterocycles. The van der Waals surface area contributed by atoms with Crippen LogP contribution in [0.1, 0.15) is 19.4 Å². The van der Waals surface area contributed by atoms with Gasteiger partial charge in [-0.1, -0.05) is 55.5 Å². The first-order valence-electron chi connectivity index (χ1n) is 7.64. The average Bonchev–Trinajstić information content (AvgIpc) is 3.05. The summed E-state index contributed by atoms with van der Waals surface area (Å²) in [6, 6.07) is 9.98. The molecule has 0 spiro atoms. The average molecular weight is 401 g/mol. The Bertz CT molecular complexity index is 791. The molecule has 1 aromatic heterocycles. The molecular formula is C15H20N4O3S3. The van der Waals surface area contributed by atoms with Crippen molar-refractivity contribution >= 4 is 44.2 Å². The number of sulfonamides is 1. The third kappa shape index (κ3) is 6.38. The van der Waals surface area contributed by atoms with Crippen LogP contribution in [-0.2, 0) is 20.6 Å². The lowest BCUT2D eigenvalue weighted by Crippen LogP contribution is -2.26. The van der Waals surface area contributed by atoms with Gasteiger partial charge in [0.2, 0.25) is 15.4 Å². The molecule has 1 amide bonds. The van der Waals surface area contributed by atoms with Gasteiger partial charge in [-0.2, -0.15) is 11.8 Å². The third-order valence-corrected chi connectivity index (χ3v) is 6.74. The highest BCUT2D eigenvalue weighted by atomic mass is 32.2. The zero-order chi connectivity index (χ0) is 18.3. The van der Waals surface area contributed by atoms with Gasteiger partial charge in [0.1, 0.15) is 0 Å². The van der Waals surface area contributed by atoms with E-state index < -0.39 is 10.0 Å². The topological polar surface area (TPSA) is 101 Å². The number of carbonyl (C=O) groups excluding carboxylic acids is 1. The monoisotopic (exact) mass is 400 g/mol. The second-order valence-corrected chi connectivity index (χ2v) is 9.48. The van der Waals surface area contributed by atoms with Crippen molar-refractivity contribution in [2.75, 3.05) is 17.6 Å². The van der Waals surface area contributed by atoms with Gasteiger partial charge in [0.15, 0.2) is 0 Å². The van der Waals surface area contributed by atoms with E-state index in [0.29, 0.717) is 12.3 Å². The van der Waals surface area contributed by atoms with Gasteiger partial charge in [-0.25, -0.2) is 13.1 Å². The molecule has 136 valence electrons. The van der Waals surface area contributed by atoms with Gasteiger partial charge in [0.25, 0.3) is 10.0 Å². The van der Waals surface area contributed by atoms with Gasteiger partial charge in [-0.05, 0) is 5.56 Å². The first kappa shape index (κ1) is 19.8. The lowest BCUT2D eigenvalue weighted by atomic mass is 10.2. The molecule has 0 saturated heterocycles. The van der Waals surface area contributed by atoms with E-state index in [1.807, 2.05) is 30.3 Å². The molecule has 0 bridgehead atoms. The number of nitrogens with one attached hydrogen (secondary N) is 2. The van der Waals surface area contributed by atoms with Crippen LogP contribution in [0.15, 0.2) is 34.7 Å². The number of hydrogen-bond acceptors (Lipinski definition) is 7. The molecule has 0 aliphatic carbocycles. The largest absolute Gasteiger partial charge is 0.300 e. The Kier molecular flexibility index (Phi) is 7.36. The van der Waals surface area contributed by atoms with Crippen molar-refractivity contribution < 1.29 is 13.2 Å². The Hall–Kier alpha value is -1.49. The molecule has 0 radical (unpaired) electrons. The van der Waals surface area contributed by atoms with Gasteiger partial charge in [0, 0.05) is 24.0 Å². The van der Waals surface area contributed by atoms with Crippen LogP contribution in [0.2, 0.25) is 0 Å². The van der Waals surface area contributed by atoms with Crippen LogP contribution in [-0.4, -0.2) is 36.8 Å². The molecule has 1 aromatic carbocycles. The van der Waals surface area contributed by atoms with E-state index in [4.69, 9.17) is 0 Å². The van der Waals surface area contributed by atoms with Crippen LogP contribution < -0.4 is 10.0 Å². The third-order valence-electron chi connectivity index (χ3n) is 3.04. The standard InChI is InChI=1S/C15H20N4O3S3/c1-11(2)13(20)17-14-18-19-15(24-14)25(21,22)16-8-9-23-10-12-6-4-3-5-7-12/h3-7,11,16H,8-10H2,1-2H3,(H,17,18,20). The summed E-state index contributed by atoms with van der Waals surface area (Å²) >= 11 is 2.48. The number of nitrogens with zero attached hydrogens (tertiary/aromatic N) is 2. The van der Waals surface area contributed by atoms with Crippen LogP contribution in [0.3, 0.4) is 0 Å². The van der Waals surface area contributed by atoms with Gasteiger partial charge in [-0.15, -0.1) is 10.2 Å². The summed E-state index contributed by atoms with van der Waals surface area (Å²) in [6.07, 6.45) is 0. The van der Waals surface area contributed by atoms with Crippen molar-refractivity contribution in [3.05, 3.63) is 35.9 Å². The lowest BCUT2D eigenvalue weighted by Gasteiger charge is -2.04. The first-order chi connectivity index (χ1) is 11.9. The maximum atomic E-state index is 12.2. The van der Waals surface area contributed by atoms with E-state index >= 15 is 0 Å². The van der Waals surface area contributed by atoms with Crippen molar-refractivity contribution in [3.8, 4) is 0 Å². The molecule has 25 heavy (non-hydrogen) atoms. The minimum atomic E-state index is -3.71. The first-order valence-corrected chi connectivity index (χ1v) is 11.1. The van der Waals surface area contributed by atoms with Gasteiger partial charge in [-0.3, -0.25) is 4.79 Å². The second-order valence-electron chi connectivity index (χ2n) is 5.45. The smallest absolute Gasteiger partial charge is 0.269 e. The number of anilines is 1. The molecule has 0 atom stereocenters. The van der Waals surface area contributed by atoms with Gasteiger partial charge >= 0.3 is 0 Å². The Morgan fingerprint density at radius 3 is 2.64 bits per heavy atom. The highest BCUT2D eigenvalue weighted by molar-refractivity contribution is 7.98. The summed E-state index contributed by atoms with van der Waals surface area (Å²) in [5, 5.41) is 10.1. The fourth-order valence-electron chi connectivity index (χ4n) is 1.69. The lowest BCUT2D eigenvalue weighted by molar-refractivity contribution is -0.118. The summed E-state index contributed by atoms with van der Waals surface area (Å²) in [5.41, 5.74) is 1.20. The number of amides is 1. The number of hydrogen-bond donors (Lipinski definition) is 2. The highest BCUT2D eigenvalue weighted by Gasteiger charge is 2.20. The molecule has 7 nitrogen and oxygen atoms in total. The molecule has 0 aliphatic rings. The minimum Gasteiger partial charge on any atom is -0.300 e. The summed E-state index contributed by atoms with van der Waals surface area (Å²) in [4.78, 5) is 11.6. The quantitative estimate of drug-likeness (QED) is 0.495. The van der Waals surface area contributed by atoms with E-state index in [0.717, 1.165) is 17.1 Å². The molecular weight excluding hydrogens is 380 g/mol. The molecule has 0 unspecified atom stereocenters. The SMILES string of the molecule is CC(C)C(=O)Nc1nnc(S(=O)(=O)NCCSCc2ccccc2)s1. The molecule has 2 N–H and O–H groups in total. The van der Waals surface area contributed by atoms with Gasteiger partial charge in [0.05, 0.1) is 0 Å². The molecule has 2 aromatic rings. The Balaban J connectivity index is 1.79. The van der Waals surface area contributed by atoms with E-state index in [-0.39, 0.29) is 21.3 Å². The Morgan fingerprint density at radius 1 is 1.24 bits per heavy atom. The fourth-order valence-corrected chi connectivity index (χ4v) is 4.62. The predicted molar refractivity (Wildman–Crippen MR) is 101 cm³/mol. The summed E-state index contributed by atoms with van der Waals surface area (Å²) < 4.78 is 26.7. The summed E-state index contributed by atoms with van der Waals surface area (Å²) in [6.45, 7) is 3.78. The minimum absolute atomic E-state index is 0.153. The number of thioether (sulfide) groups is 1. The zero-order valence-corrected chi connectivity index (χ0v) is 16.4. The van der Waals surface area contributed by atoms with Crippen molar-refractivity contribution in [3.63, 3.8) is 0 Å². The zero-order valence-electron chi connectivity index (χ0n) is 13.9. The summed E-state index contributed by atoms with van der Waals surface area (Å²) in [7, 11) is -3.71. The molecule has 0 fully saturated rings. The second kappa shape index (κ2) is 9.27. The van der Waals surface area contributed by atoms with Crippen LogP contribution in [0.25, 0.3) is 0 Å². The molecule has 10 heteroatoms. The molecule has 1 heterocycles. The van der Waals surface area contributed by atoms with E-state index in [9.17, 15) is 13.2 Å². The van der Waals surface area contributed by atoms with Gasteiger partial charge < -0.3 is 5.32 Å². The molecule has 0 saturated carbocycles. The van der Waals surface area contributed by atoms with Crippen LogP contribution in [0.4, 0.5) is 5.13 Å². The van der Waals surface area contributed by atoms with E-state index in [2.05, 4.69) is 20.2 Å². The predicted octanol–water partition coefficient (Wildman–Crippen LogP) is 2.34. The van der Waals surface area contributed by atoms with Crippen molar-refractivity contribution in [1.82, 2.24) is 14.9 Å². The van der Waals surface area contributed by atoms with E-state index in [1.54, 1.807) is 25.6 Å². The van der Waals surface area contributed by atoms with Crippen LogP contribution >= 0.6 is 23.1 Å². The Labute approximate surface area is 155 Å². The Morgan fingerprint density at radius 2 is 1.96 bits per heavy atom. The number of aromatic nitrogens is 2. The van der Waals surface area contributed by atoms with Crippen molar-refractivity contribution in [1.29, 1.82) is 0 Å². The van der Waals surface area contributed by atoms with E-state index in [1.165, 1.54) is 5.56 Å². The van der Waals surface area contributed by atoms with Crippen molar-refractivity contribution in [2.45, 2.75) is 23.9 Å².